The fraction of sp³-hybridized carbons (Fsp3) is 0.478. The molecule has 0 spiro atoms. The molecule has 2 aromatic rings. The van der Waals surface area contributed by atoms with E-state index in [9.17, 15) is 30.6 Å². The standard InChI is InChI=1S/C23H28O8/c1-10-14-4-3-13-11(2)17(6-5-15(13)19(14)12(8-24)7-16(10)26)30-23-22(29)21(28)20(27)18(9-25)31-23/h5-7,18,20-29H,3-4,8-9H2,1-2H3/t18-,20-,21+,22-,23-/m1/s1. The third kappa shape index (κ3) is 3.59. The summed E-state index contributed by atoms with van der Waals surface area (Å²) in [4.78, 5) is 0. The smallest absolute Gasteiger partial charge is 0.229 e. The molecule has 2 aromatic carbocycles. The van der Waals surface area contributed by atoms with Gasteiger partial charge in [0.25, 0.3) is 0 Å². The molecule has 1 fully saturated rings. The zero-order chi connectivity index (χ0) is 22.4. The average Bonchev–Trinajstić information content (AvgIpc) is 2.77. The van der Waals surface area contributed by atoms with Gasteiger partial charge in [-0.25, -0.2) is 0 Å². The summed E-state index contributed by atoms with van der Waals surface area (Å²) in [6, 6.07) is 5.19. The zero-order valence-corrected chi connectivity index (χ0v) is 17.4. The van der Waals surface area contributed by atoms with E-state index in [0.717, 1.165) is 33.4 Å². The molecule has 31 heavy (non-hydrogen) atoms. The third-order valence-electron chi connectivity index (χ3n) is 6.48. The van der Waals surface area contributed by atoms with Gasteiger partial charge in [-0.3, -0.25) is 0 Å². The van der Waals surface area contributed by atoms with E-state index in [2.05, 4.69) is 0 Å². The van der Waals surface area contributed by atoms with Gasteiger partial charge in [0.15, 0.2) is 0 Å². The molecular formula is C23H28O8. The maximum atomic E-state index is 10.3. The quantitative estimate of drug-likeness (QED) is 0.409. The molecule has 5 atom stereocenters. The van der Waals surface area contributed by atoms with Gasteiger partial charge in [0, 0.05) is 0 Å². The van der Waals surface area contributed by atoms with Gasteiger partial charge in [0.05, 0.1) is 13.2 Å². The van der Waals surface area contributed by atoms with Crippen LogP contribution >= 0.6 is 0 Å². The lowest BCUT2D eigenvalue weighted by molar-refractivity contribution is -0.277. The molecule has 0 radical (unpaired) electrons. The summed E-state index contributed by atoms with van der Waals surface area (Å²) in [5, 5.41) is 59.7. The first-order valence-corrected chi connectivity index (χ1v) is 10.3. The van der Waals surface area contributed by atoms with Gasteiger partial charge in [0.1, 0.15) is 35.9 Å². The second-order valence-electron chi connectivity index (χ2n) is 8.22. The van der Waals surface area contributed by atoms with E-state index in [-0.39, 0.29) is 12.4 Å². The number of benzene rings is 2. The van der Waals surface area contributed by atoms with Crippen LogP contribution in [0, 0.1) is 13.8 Å². The van der Waals surface area contributed by atoms with Crippen molar-refractivity contribution in [3.8, 4) is 22.6 Å². The number of aliphatic hydroxyl groups excluding tert-OH is 5. The lowest BCUT2D eigenvalue weighted by Crippen LogP contribution is -2.60. The Hall–Kier alpha value is -2.20. The molecule has 0 unspecified atom stereocenters. The number of hydrogen-bond acceptors (Lipinski definition) is 8. The van der Waals surface area contributed by atoms with Crippen LogP contribution in [-0.2, 0) is 24.2 Å². The Balaban J connectivity index is 1.70. The maximum Gasteiger partial charge on any atom is 0.229 e. The summed E-state index contributed by atoms with van der Waals surface area (Å²) < 4.78 is 11.3. The molecule has 4 rings (SSSR count). The van der Waals surface area contributed by atoms with Gasteiger partial charge in [-0.05, 0) is 77.8 Å². The molecule has 8 nitrogen and oxygen atoms in total. The second-order valence-corrected chi connectivity index (χ2v) is 8.22. The van der Waals surface area contributed by atoms with Crippen molar-refractivity contribution in [2.24, 2.45) is 0 Å². The van der Waals surface area contributed by atoms with Gasteiger partial charge < -0.3 is 40.1 Å². The van der Waals surface area contributed by atoms with Crippen molar-refractivity contribution in [1.29, 1.82) is 0 Å². The van der Waals surface area contributed by atoms with Gasteiger partial charge in [-0.15, -0.1) is 0 Å². The highest BCUT2D eigenvalue weighted by molar-refractivity contribution is 5.80. The van der Waals surface area contributed by atoms with Crippen LogP contribution in [0.2, 0.25) is 0 Å². The number of aliphatic hydroxyl groups is 5. The minimum atomic E-state index is -1.51. The molecule has 1 aliphatic carbocycles. The monoisotopic (exact) mass is 432 g/mol. The molecule has 0 aromatic heterocycles. The topological polar surface area (TPSA) is 140 Å². The summed E-state index contributed by atoms with van der Waals surface area (Å²) >= 11 is 0. The van der Waals surface area contributed by atoms with Crippen molar-refractivity contribution in [2.75, 3.05) is 6.61 Å². The highest BCUT2D eigenvalue weighted by atomic mass is 16.7. The maximum absolute atomic E-state index is 10.3. The van der Waals surface area contributed by atoms with Crippen molar-refractivity contribution in [2.45, 2.75) is 64.0 Å². The largest absolute Gasteiger partial charge is 0.508 e. The van der Waals surface area contributed by atoms with Crippen molar-refractivity contribution >= 4 is 0 Å². The molecule has 0 bridgehead atoms. The molecule has 6 N–H and O–H groups in total. The number of aromatic hydroxyl groups is 1. The molecule has 0 amide bonds. The number of ether oxygens (including phenoxy) is 2. The third-order valence-corrected chi connectivity index (χ3v) is 6.48. The van der Waals surface area contributed by atoms with Crippen LogP contribution in [0.15, 0.2) is 18.2 Å². The molecule has 0 saturated carbocycles. The average molecular weight is 432 g/mol. The summed E-state index contributed by atoms with van der Waals surface area (Å²) in [6.45, 7) is 3.03. The minimum Gasteiger partial charge on any atom is -0.508 e. The Labute approximate surface area is 179 Å². The van der Waals surface area contributed by atoms with Crippen molar-refractivity contribution in [3.05, 3.63) is 46.0 Å². The normalized spacial score (nSPS) is 27.5. The molecular weight excluding hydrogens is 404 g/mol. The molecule has 8 heteroatoms. The Morgan fingerprint density at radius 1 is 0.968 bits per heavy atom. The Bertz CT molecular complexity index is 986. The van der Waals surface area contributed by atoms with E-state index < -0.39 is 37.3 Å². The van der Waals surface area contributed by atoms with E-state index in [0.29, 0.717) is 24.2 Å². The van der Waals surface area contributed by atoms with Crippen LogP contribution in [0.4, 0.5) is 0 Å². The number of phenolic OH excluding ortho intramolecular Hbond substituents is 1. The van der Waals surface area contributed by atoms with Gasteiger partial charge in [-0.1, -0.05) is 6.07 Å². The Morgan fingerprint density at radius 3 is 2.35 bits per heavy atom. The molecule has 1 aliphatic heterocycles. The summed E-state index contributed by atoms with van der Waals surface area (Å²) in [5.41, 5.74) is 6.19. The molecule has 168 valence electrons. The Kier molecular flexibility index (Phi) is 5.95. The molecule has 1 saturated heterocycles. The second kappa shape index (κ2) is 8.38. The summed E-state index contributed by atoms with van der Waals surface area (Å²) in [7, 11) is 0. The van der Waals surface area contributed by atoms with Crippen LogP contribution in [0.25, 0.3) is 11.1 Å². The highest BCUT2D eigenvalue weighted by Crippen LogP contribution is 2.44. The number of hydrogen-bond donors (Lipinski definition) is 6. The van der Waals surface area contributed by atoms with E-state index in [1.165, 1.54) is 0 Å². The minimum absolute atomic E-state index is 0.172. The van der Waals surface area contributed by atoms with Crippen LogP contribution in [0.1, 0.15) is 27.8 Å². The number of phenols is 1. The van der Waals surface area contributed by atoms with Gasteiger partial charge in [-0.2, -0.15) is 0 Å². The van der Waals surface area contributed by atoms with Crippen molar-refractivity contribution < 1.29 is 40.1 Å². The first kappa shape index (κ1) is 22.0. The van der Waals surface area contributed by atoms with Crippen molar-refractivity contribution in [3.63, 3.8) is 0 Å². The molecule has 1 heterocycles. The lowest BCUT2D eigenvalue weighted by atomic mass is 9.79. The van der Waals surface area contributed by atoms with E-state index >= 15 is 0 Å². The highest BCUT2D eigenvalue weighted by Gasteiger charge is 2.45. The van der Waals surface area contributed by atoms with Crippen LogP contribution in [0.5, 0.6) is 11.5 Å². The SMILES string of the molecule is Cc1c(O[C@@H]2O[C@H](CO)[C@@H](O)[C@H](O)[C@H]2O)ccc2c1CCc1c(C)c(O)cc(CO)c1-2. The summed E-state index contributed by atoms with van der Waals surface area (Å²) in [5.74, 6) is 0.623. The summed E-state index contributed by atoms with van der Waals surface area (Å²) in [6.07, 6.45) is -5.34. The van der Waals surface area contributed by atoms with E-state index in [1.807, 2.05) is 19.9 Å². The first-order chi connectivity index (χ1) is 14.8. The fourth-order valence-electron chi connectivity index (χ4n) is 4.61. The predicted molar refractivity (Wildman–Crippen MR) is 111 cm³/mol. The number of rotatable bonds is 4. The number of fused-ring (bicyclic) bond motifs is 3. The van der Waals surface area contributed by atoms with E-state index in [4.69, 9.17) is 9.47 Å². The van der Waals surface area contributed by atoms with Crippen LogP contribution < -0.4 is 4.74 Å². The lowest BCUT2D eigenvalue weighted by Gasteiger charge is -2.40. The molecule has 2 aliphatic rings. The predicted octanol–water partition coefficient (Wildman–Crippen LogP) is 0.446. The van der Waals surface area contributed by atoms with E-state index in [1.54, 1.807) is 12.1 Å². The Morgan fingerprint density at radius 2 is 1.68 bits per heavy atom. The van der Waals surface area contributed by atoms with Gasteiger partial charge in [0.2, 0.25) is 6.29 Å². The first-order valence-electron chi connectivity index (χ1n) is 10.3. The van der Waals surface area contributed by atoms with Crippen molar-refractivity contribution in [1.82, 2.24) is 0 Å². The van der Waals surface area contributed by atoms with Crippen LogP contribution in [0.3, 0.4) is 0 Å². The zero-order valence-electron chi connectivity index (χ0n) is 17.4. The fourth-order valence-corrected chi connectivity index (χ4v) is 4.61. The van der Waals surface area contributed by atoms with Gasteiger partial charge >= 0.3 is 0 Å². The van der Waals surface area contributed by atoms with Crippen LogP contribution in [-0.4, -0.2) is 68.0 Å².